The first kappa shape index (κ1) is 23.8. The molecule has 0 aromatic heterocycles. The van der Waals surface area contributed by atoms with Crippen molar-refractivity contribution in [2.45, 2.75) is 39.2 Å². The molecule has 1 N–H and O–H groups in total. The molecule has 1 fully saturated rings. The van der Waals surface area contributed by atoms with Crippen LogP contribution in [0.2, 0.25) is 0 Å². The Balaban J connectivity index is 1.57. The summed E-state index contributed by atoms with van der Waals surface area (Å²) in [6.45, 7) is 12.3. The molecule has 2 aromatic rings. The summed E-state index contributed by atoms with van der Waals surface area (Å²) in [7, 11) is 0. The molecule has 5 heteroatoms. The number of benzene rings is 2. The van der Waals surface area contributed by atoms with Gasteiger partial charge in [-0.2, -0.15) is 0 Å². The number of nitrogens with one attached hydrogen (secondary N) is 1. The first-order chi connectivity index (χ1) is 15.7. The zero-order valence-corrected chi connectivity index (χ0v) is 19.3. The second kappa shape index (κ2) is 12.2. The number of para-hydroxylation sites is 1. The van der Waals surface area contributed by atoms with Crippen molar-refractivity contribution < 1.29 is 9.63 Å². The Bertz CT molecular complexity index is 896. The van der Waals surface area contributed by atoms with E-state index in [1.54, 1.807) is 6.08 Å². The molecule has 32 heavy (non-hydrogen) atoms. The summed E-state index contributed by atoms with van der Waals surface area (Å²) in [6.07, 6.45) is 5.20. The second-order valence-corrected chi connectivity index (χ2v) is 8.04. The van der Waals surface area contributed by atoms with Crippen molar-refractivity contribution in [1.29, 1.82) is 0 Å². The second-order valence-electron chi connectivity index (χ2n) is 8.04. The molecule has 1 aliphatic heterocycles. The molecule has 1 aliphatic rings. The van der Waals surface area contributed by atoms with Gasteiger partial charge in [0.1, 0.15) is 0 Å². The van der Waals surface area contributed by atoms with Gasteiger partial charge in [0.25, 0.3) is 5.91 Å². The lowest BCUT2D eigenvalue weighted by molar-refractivity contribution is -0.119. The van der Waals surface area contributed by atoms with Crippen LogP contribution in [0.1, 0.15) is 44.7 Å². The number of β-lactam (4-membered cyclic amide) rings is 1. The molecule has 170 valence electrons. The topological polar surface area (TPSA) is 44.8 Å². The van der Waals surface area contributed by atoms with Gasteiger partial charge in [-0.25, -0.2) is 0 Å². The van der Waals surface area contributed by atoms with E-state index in [1.165, 1.54) is 12.8 Å². The molecule has 0 radical (unpaired) electrons. The van der Waals surface area contributed by atoms with Gasteiger partial charge in [0, 0.05) is 17.8 Å². The van der Waals surface area contributed by atoms with E-state index in [0.29, 0.717) is 17.9 Å². The lowest BCUT2D eigenvalue weighted by Gasteiger charge is -2.43. The highest BCUT2D eigenvalue weighted by atomic mass is 16.6. The average Bonchev–Trinajstić information content (AvgIpc) is 2.83. The highest BCUT2D eigenvalue weighted by Crippen LogP contribution is 2.43. The molecule has 1 saturated heterocycles. The fourth-order valence-corrected chi connectivity index (χ4v) is 3.94. The van der Waals surface area contributed by atoms with Gasteiger partial charge < -0.3 is 4.90 Å². The van der Waals surface area contributed by atoms with E-state index in [1.807, 2.05) is 65.6 Å². The molecule has 1 amide bonds. The van der Waals surface area contributed by atoms with Gasteiger partial charge >= 0.3 is 0 Å². The lowest BCUT2D eigenvalue weighted by Crippen LogP contribution is -2.49. The Morgan fingerprint density at radius 3 is 2.38 bits per heavy atom. The van der Waals surface area contributed by atoms with Crippen molar-refractivity contribution in [1.82, 2.24) is 10.4 Å². The predicted molar refractivity (Wildman–Crippen MR) is 131 cm³/mol. The predicted octanol–water partition coefficient (Wildman–Crippen LogP) is 5.25. The Labute approximate surface area is 192 Å². The number of hydroxylamine groups is 1. The van der Waals surface area contributed by atoms with Crippen molar-refractivity contribution in [2.75, 3.05) is 31.1 Å². The van der Waals surface area contributed by atoms with Crippen LogP contribution in [-0.2, 0) is 9.63 Å². The molecule has 3 rings (SSSR count). The Morgan fingerprint density at radius 2 is 1.72 bits per heavy atom. The molecule has 0 aliphatic carbocycles. The van der Waals surface area contributed by atoms with E-state index >= 15 is 0 Å². The number of anilines is 1. The lowest BCUT2D eigenvalue weighted by atomic mass is 9.86. The fraction of sp³-hybridized carbons (Fsp3) is 0.370. The molecule has 2 aromatic carbocycles. The maximum atomic E-state index is 13.0. The molecule has 0 bridgehead atoms. The Hall–Kier alpha value is -2.89. The van der Waals surface area contributed by atoms with E-state index in [0.717, 1.165) is 37.3 Å². The molecular formula is C27H35N3O2. The Morgan fingerprint density at radius 1 is 1.06 bits per heavy atom. The summed E-state index contributed by atoms with van der Waals surface area (Å²) < 4.78 is 0. The Kier molecular flexibility index (Phi) is 9.08. The minimum atomic E-state index is -0.138. The maximum Gasteiger partial charge on any atom is 0.257 e. The van der Waals surface area contributed by atoms with Crippen molar-refractivity contribution in [2.24, 2.45) is 0 Å². The van der Waals surface area contributed by atoms with Crippen LogP contribution in [0.3, 0.4) is 0 Å². The number of carbonyl (C=O) groups excluding carboxylic acids is 1. The molecule has 1 unspecified atom stereocenters. The van der Waals surface area contributed by atoms with Crippen LogP contribution < -0.4 is 10.4 Å². The number of carbonyl (C=O) groups is 1. The smallest absolute Gasteiger partial charge is 0.257 e. The first-order valence-corrected chi connectivity index (χ1v) is 11.6. The van der Waals surface area contributed by atoms with Gasteiger partial charge in [0.15, 0.2) is 0 Å². The van der Waals surface area contributed by atoms with Gasteiger partial charge in [-0.15, -0.1) is 0 Å². The van der Waals surface area contributed by atoms with Gasteiger partial charge in [0.2, 0.25) is 0 Å². The minimum absolute atomic E-state index is 0.0116. The highest BCUT2D eigenvalue weighted by Gasteiger charge is 2.43. The number of hydrogen-bond acceptors (Lipinski definition) is 4. The summed E-state index contributed by atoms with van der Waals surface area (Å²) >= 11 is 0. The van der Waals surface area contributed by atoms with Crippen LogP contribution in [0, 0.1) is 0 Å². The van der Waals surface area contributed by atoms with E-state index in [4.69, 9.17) is 4.84 Å². The van der Waals surface area contributed by atoms with Gasteiger partial charge in [-0.1, -0.05) is 75.4 Å². The standard InChI is InChI=1S/C27H35N3O2/c1-4-6-18-29(5-2)19-13-20-32-28-22(3)21-25-26(23-14-9-7-10-15-23)30(27(25)31)24-16-11-8-12-17-24/h7-12,14-17,21,26,28H,3-6,13,18-20H2,1-2H3. The van der Waals surface area contributed by atoms with Crippen LogP contribution >= 0.6 is 0 Å². The van der Waals surface area contributed by atoms with Crippen LogP contribution in [0.25, 0.3) is 0 Å². The largest absolute Gasteiger partial charge is 0.304 e. The average molecular weight is 434 g/mol. The molecular weight excluding hydrogens is 398 g/mol. The molecule has 1 atom stereocenters. The number of unbranched alkanes of at least 4 members (excludes halogenated alkanes) is 1. The van der Waals surface area contributed by atoms with Crippen molar-refractivity contribution in [3.05, 3.63) is 90.2 Å². The van der Waals surface area contributed by atoms with Gasteiger partial charge in [0.05, 0.1) is 18.3 Å². The summed E-state index contributed by atoms with van der Waals surface area (Å²) in [4.78, 5) is 22.9. The first-order valence-electron chi connectivity index (χ1n) is 11.6. The third-order valence-corrected chi connectivity index (χ3v) is 5.70. The monoisotopic (exact) mass is 433 g/mol. The summed E-state index contributed by atoms with van der Waals surface area (Å²) in [6, 6.07) is 19.7. The summed E-state index contributed by atoms with van der Waals surface area (Å²) in [5, 5.41) is 0. The fourth-order valence-electron chi connectivity index (χ4n) is 3.94. The zero-order chi connectivity index (χ0) is 22.8. The van der Waals surface area contributed by atoms with E-state index in [2.05, 4.69) is 30.8 Å². The van der Waals surface area contributed by atoms with Crippen LogP contribution in [0.5, 0.6) is 0 Å². The highest BCUT2D eigenvalue weighted by molar-refractivity contribution is 6.15. The van der Waals surface area contributed by atoms with E-state index < -0.39 is 0 Å². The van der Waals surface area contributed by atoms with Crippen molar-refractivity contribution in [3.8, 4) is 0 Å². The van der Waals surface area contributed by atoms with Gasteiger partial charge in [-0.3, -0.25) is 20.0 Å². The van der Waals surface area contributed by atoms with E-state index in [-0.39, 0.29) is 11.9 Å². The number of rotatable bonds is 13. The molecule has 0 spiro atoms. The number of allylic oxidation sites excluding steroid dienone is 1. The number of nitrogens with zero attached hydrogens (tertiary/aromatic N) is 2. The van der Waals surface area contributed by atoms with Crippen molar-refractivity contribution in [3.63, 3.8) is 0 Å². The third-order valence-electron chi connectivity index (χ3n) is 5.70. The normalized spacial score (nSPS) is 17.0. The zero-order valence-electron chi connectivity index (χ0n) is 19.3. The maximum absolute atomic E-state index is 13.0. The number of amides is 1. The molecule has 1 heterocycles. The number of hydrogen-bond donors (Lipinski definition) is 1. The molecule has 5 nitrogen and oxygen atoms in total. The van der Waals surface area contributed by atoms with Crippen molar-refractivity contribution >= 4 is 11.6 Å². The summed E-state index contributed by atoms with van der Waals surface area (Å²) in [5.74, 6) is -0.0116. The van der Waals surface area contributed by atoms with Gasteiger partial charge in [-0.05, 0) is 49.7 Å². The minimum Gasteiger partial charge on any atom is -0.304 e. The SMILES string of the molecule is C=C(C=C1C(=O)N(c2ccccc2)C1c1ccccc1)NOCCCN(CC)CCCC. The third kappa shape index (κ3) is 6.09. The molecule has 0 saturated carbocycles. The summed E-state index contributed by atoms with van der Waals surface area (Å²) in [5.41, 5.74) is 6.16. The van der Waals surface area contributed by atoms with E-state index in [9.17, 15) is 4.79 Å². The van der Waals surface area contributed by atoms with Crippen LogP contribution in [0.4, 0.5) is 5.69 Å². The van der Waals surface area contributed by atoms with Crippen LogP contribution in [-0.4, -0.2) is 37.0 Å². The quantitative estimate of drug-likeness (QED) is 0.203. The van der Waals surface area contributed by atoms with Crippen LogP contribution in [0.15, 0.2) is 84.6 Å².